The molecule has 0 fully saturated rings. The molecule has 1 aromatic heterocycles. The van der Waals surface area contributed by atoms with Crippen LogP contribution >= 0.6 is 11.3 Å². The Labute approximate surface area is 163 Å². The minimum Gasteiger partial charge on any atom is -0.493 e. The highest BCUT2D eigenvalue weighted by Gasteiger charge is 2.13. The molecule has 140 valence electrons. The van der Waals surface area contributed by atoms with Crippen LogP contribution in [-0.4, -0.2) is 25.1 Å². The summed E-state index contributed by atoms with van der Waals surface area (Å²) >= 11 is 1.57. The number of aryl methyl sites for hydroxylation is 1. The third-order valence-electron chi connectivity index (χ3n) is 4.17. The number of carbonyl (C=O) groups is 1. The Morgan fingerprint density at radius 3 is 2.52 bits per heavy atom. The van der Waals surface area contributed by atoms with E-state index in [-0.39, 0.29) is 5.91 Å². The Kier molecular flexibility index (Phi) is 6.08. The second-order valence-corrected chi connectivity index (χ2v) is 7.12. The summed E-state index contributed by atoms with van der Waals surface area (Å²) in [6.07, 6.45) is 0.323. The number of thiazole rings is 1. The number of carbonyl (C=O) groups excluding carboxylic acids is 1. The molecular weight excluding hydrogens is 360 g/mol. The van der Waals surface area contributed by atoms with Crippen molar-refractivity contribution in [1.29, 1.82) is 0 Å². The number of nitrogens with one attached hydrogen (secondary N) is 1. The number of nitrogens with zero attached hydrogens (tertiary/aromatic N) is 1. The smallest absolute Gasteiger partial charge is 0.225 e. The number of benzene rings is 2. The Bertz CT molecular complexity index is 922. The molecule has 2 aromatic carbocycles. The van der Waals surface area contributed by atoms with Gasteiger partial charge >= 0.3 is 0 Å². The molecular formula is C21H22N2O3S. The predicted molar refractivity (Wildman–Crippen MR) is 107 cm³/mol. The number of aromatic nitrogens is 1. The zero-order valence-corrected chi connectivity index (χ0v) is 16.4. The van der Waals surface area contributed by atoms with Gasteiger partial charge in [0, 0.05) is 17.0 Å². The van der Waals surface area contributed by atoms with Crippen LogP contribution in [0.3, 0.4) is 0 Å². The van der Waals surface area contributed by atoms with E-state index in [1.807, 2.05) is 55.5 Å². The van der Waals surface area contributed by atoms with Crippen LogP contribution in [0.2, 0.25) is 0 Å². The van der Waals surface area contributed by atoms with Gasteiger partial charge in [-0.25, -0.2) is 4.98 Å². The molecule has 0 aliphatic rings. The molecule has 6 heteroatoms. The van der Waals surface area contributed by atoms with E-state index < -0.39 is 0 Å². The molecule has 1 heterocycles. The molecule has 5 nitrogen and oxygen atoms in total. The molecule has 0 spiro atoms. The maximum absolute atomic E-state index is 12.4. The Morgan fingerprint density at radius 1 is 1.07 bits per heavy atom. The quantitative estimate of drug-likeness (QED) is 0.671. The summed E-state index contributed by atoms with van der Waals surface area (Å²) < 4.78 is 10.5. The van der Waals surface area contributed by atoms with Crippen molar-refractivity contribution in [3.8, 4) is 22.1 Å². The SMILES string of the molecule is COc1ccc(CNC(=O)Cc2sc(-c3ccccc3)nc2C)cc1OC. The molecule has 0 radical (unpaired) electrons. The zero-order valence-electron chi connectivity index (χ0n) is 15.6. The standard InChI is InChI=1S/C21H22N2O3S/c1-14-19(27-21(23-14)16-7-5-4-6-8-16)12-20(24)22-13-15-9-10-17(25-2)18(11-15)26-3/h4-11H,12-13H2,1-3H3,(H,22,24). The van der Waals surface area contributed by atoms with Gasteiger partial charge in [-0.1, -0.05) is 36.4 Å². The van der Waals surface area contributed by atoms with Crippen LogP contribution in [-0.2, 0) is 17.8 Å². The fourth-order valence-electron chi connectivity index (χ4n) is 2.70. The molecule has 3 aromatic rings. The third kappa shape index (κ3) is 4.65. The van der Waals surface area contributed by atoms with E-state index in [0.29, 0.717) is 24.5 Å². The lowest BCUT2D eigenvalue weighted by molar-refractivity contribution is -0.120. The molecule has 1 N–H and O–H groups in total. The first-order valence-corrected chi connectivity index (χ1v) is 9.41. The van der Waals surface area contributed by atoms with E-state index in [4.69, 9.17) is 9.47 Å². The van der Waals surface area contributed by atoms with Crippen molar-refractivity contribution in [2.24, 2.45) is 0 Å². The first-order chi connectivity index (χ1) is 13.1. The van der Waals surface area contributed by atoms with E-state index in [1.54, 1.807) is 25.6 Å². The molecule has 0 aliphatic heterocycles. The third-order valence-corrected chi connectivity index (χ3v) is 5.38. The summed E-state index contributed by atoms with van der Waals surface area (Å²) in [5.41, 5.74) is 2.93. The van der Waals surface area contributed by atoms with Gasteiger partial charge in [0.25, 0.3) is 0 Å². The van der Waals surface area contributed by atoms with Crippen LogP contribution < -0.4 is 14.8 Å². The van der Waals surface area contributed by atoms with Crippen molar-refractivity contribution in [2.45, 2.75) is 19.9 Å². The number of methoxy groups -OCH3 is 2. The van der Waals surface area contributed by atoms with Gasteiger partial charge in [-0.2, -0.15) is 0 Å². The van der Waals surface area contributed by atoms with Crippen molar-refractivity contribution in [1.82, 2.24) is 10.3 Å². The largest absolute Gasteiger partial charge is 0.493 e. The summed E-state index contributed by atoms with van der Waals surface area (Å²) in [5.74, 6) is 1.28. The molecule has 0 aliphatic carbocycles. The molecule has 27 heavy (non-hydrogen) atoms. The second-order valence-electron chi connectivity index (χ2n) is 6.04. The van der Waals surface area contributed by atoms with E-state index >= 15 is 0 Å². The van der Waals surface area contributed by atoms with Gasteiger partial charge in [-0.15, -0.1) is 11.3 Å². The molecule has 0 unspecified atom stereocenters. The summed E-state index contributed by atoms with van der Waals surface area (Å²) in [4.78, 5) is 18.0. The van der Waals surface area contributed by atoms with Crippen molar-refractivity contribution < 1.29 is 14.3 Å². The van der Waals surface area contributed by atoms with Gasteiger partial charge in [0.2, 0.25) is 5.91 Å². The summed E-state index contributed by atoms with van der Waals surface area (Å²) in [6.45, 7) is 2.38. The highest BCUT2D eigenvalue weighted by Crippen LogP contribution is 2.29. The van der Waals surface area contributed by atoms with Gasteiger partial charge in [0.15, 0.2) is 11.5 Å². The molecule has 0 saturated carbocycles. The Hall–Kier alpha value is -2.86. The van der Waals surface area contributed by atoms with E-state index in [0.717, 1.165) is 26.7 Å². The molecule has 1 amide bonds. The van der Waals surface area contributed by atoms with Gasteiger partial charge in [-0.05, 0) is 24.6 Å². The van der Waals surface area contributed by atoms with Crippen molar-refractivity contribution in [2.75, 3.05) is 14.2 Å². The van der Waals surface area contributed by atoms with Gasteiger partial charge in [0.05, 0.1) is 26.3 Å². The maximum atomic E-state index is 12.4. The average Bonchev–Trinajstić information content (AvgIpc) is 3.07. The van der Waals surface area contributed by atoms with Crippen LogP contribution in [0.5, 0.6) is 11.5 Å². The summed E-state index contributed by atoms with van der Waals surface area (Å²) in [5, 5.41) is 3.90. The van der Waals surface area contributed by atoms with Crippen LogP contribution in [0.15, 0.2) is 48.5 Å². The number of hydrogen-bond acceptors (Lipinski definition) is 5. The predicted octanol–water partition coefficient (Wildman–Crippen LogP) is 3.99. The van der Waals surface area contributed by atoms with Crippen molar-refractivity contribution in [3.63, 3.8) is 0 Å². The summed E-state index contributed by atoms with van der Waals surface area (Å²) in [7, 11) is 3.19. The minimum absolute atomic E-state index is 0.0313. The first kappa shape index (κ1) is 18.9. The lowest BCUT2D eigenvalue weighted by atomic mass is 10.2. The number of rotatable bonds is 7. The zero-order chi connectivity index (χ0) is 19.2. The average molecular weight is 382 g/mol. The van der Waals surface area contributed by atoms with Crippen LogP contribution in [0, 0.1) is 6.92 Å². The van der Waals surface area contributed by atoms with Gasteiger partial charge in [-0.3, -0.25) is 4.79 Å². The van der Waals surface area contributed by atoms with Crippen molar-refractivity contribution in [3.05, 3.63) is 64.7 Å². The second kappa shape index (κ2) is 8.68. The molecule has 0 saturated heterocycles. The summed E-state index contributed by atoms with van der Waals surface area (Å²) in [6, 6.07) is 15.6. The topological polar surface area (TPSA) is 60.5 Å². The Balaban J connectivity index is 1.62. The van der Waals surface area contributed by atoms with Gasteiger partial charge in [0.1, 0.15) is 5.01 Å². The normalized spacial score (nSPS) is 10.5. The highest BCUT2D eigenvalue weighted by molar-refractivity contribution is 7.15. The van der Waals surface area contributed by atoms with Crippen LogP contribution in [0.4, 0.5) is 0 Å². The Morgan fingerprint density at radius 2 is 1.81 bits per heavy atom. The lowest BCUT2D eigenvalue weighted by Crippen LogP contribution is -2.24. The van der Waals surface area contributed by atoms with Crippen LogP contribution in [0.25, 0.3) is 10.6 Å². The van der Waals surface area contributed by atoms with Crippen molar-refractivity contribution >= 4 is 17.2 Å². The first-order valence-electron chi connectivity index (χ1n) is 8.60. The lowest BCUT2D eigenvalue weighted by Gasteiger charge is -2.10. The maximum Gasteiger partial charge on any atom is 0.225 e. The number of ether oxygens (including phenoxy) is 2. The fraction of sp³-hybridized carbons (Fsp3) is 0.238. The monoisotopic (exact) mass is 382 g/mol. The molecule has 0 atom stereocenters. The fourth-order valence-corrected chi connectivity index (χ4v) is 3.76. The van der Waals surface area contributed by atoms with Gasteiger partial charge < -0.3 is 14.8 Å². The number of amides is 1. The number of hydrogen-bond donors (Lipinski definition) is 1. The highest BCUT2D eigenvalue weighted by atomic mass is 32.1. The van der Waals surface area contributed by atoms with E-state index in [1.165, 1.54) is 0 Å². The molecule has 3 rings (SSSR count). The van der Waals surface area contributed by atoms with E-state index in [2.05, 4.69) is 10.3 Å². The van der Waals surface area contributed by atoms with E-state index in [9.17, 15) is 4.79 Å². The minimum atomic E-state index is -0.0313. The van der Waals surface area contributed by atoms with Crippen LogP contribution in [0.1, 0.15) is 16.1 Å². The molecule has 0 bridgehead atoms.